The van der Waals surface area contributed by atoms with Crippen LogP contribution in [0.1, 0.15) is 16.8 Å². The first-order valence-electron chi connectivity index (χ1n) is 5.36. The highest BCUT2D eigenvalue weighted by Gasteiger charge is 2.18. The Labute approximate surface area is 105 Å². The topological polar surface area (TPSA) is 35.5 Å². The molecule has 0 heterocycles. The molecule has 0 saturated heterocycles. The van der Waals surface area contributed by atoms with Crippen molar-refractivity contribution >= 4 is 17.6 Å². The molecule has 0 amide bonds. The van der Waals surface area contributed by atoms with Crippen LogP contribution in [0.4, 0.5) is 0 Å². The molecule has 2 unspecified atom stereocenters. The summed E-state index contributed by atoms with van der Waals surface area (Å²) in [6.45, 7) is 0. The fourth-order valence-electron chi connectivity index (χ4n) is 1.67. The van der Waals surface area contributed by atoms with Crippen molar-refractivity contribution in [1.82, 2.24) is 0 Å². The van der Waals surface area contributed by atoms with Crippen LogP contribution in [0, 0.1) is 0 Å². The smallest absolute Gasteiger partial charge is 0.337 e. The lowest BCUT2D eigenvalue weighted by molar-refractivity contribution is 0.0600. The lowest BCUT2D eigenvalue weighted by Crippen LogP contribution is -2.12. The lowest BCUT2D eigenvalue weighted by Gasteiger charge is -2.12. The zero-order valence-corrected chi connectivity index (χ0v) is 10.2. The predicted octanol–water partition coefficient (Wildman–Crippen LogP) is 2.79. The highest BCUT2D eigenvalue weighted by molar-refractivity contribution is 6.22. The summed E-state index contributed by atoms with van der Waals surface area (Å²) in [5.74, 6) is 0.371. The fraction of sp³-hybridized carbons (Fsp3) is 0.308. The standard InChI is InChI=1S/C13H13ClO3/c1-16-13(15)9-2-5-11(6-3-9)17-12-7-4-10(14)8-12/h2-7,10,12H,8H2,1H3. The first-order valence-corrected chi connectivity index (χ1v) is 5.80. The summed E-state index contributed by atoms with van der Waals surface area (Å²) >= 11 is 5.93. The molecular weight excluding hydrogens is 240 g/mol. The van der Waals surface area contributed by atoms with Crippen molar-refractivity contribution in [3.05, 3.63) is 42.0 Å². The first-order chi connectivity index (χ1) is 8.19. The van der Waals surface area contributed by atoms with Gasteiger partial charge in [0.2, 0.25) is 0 Å². The third-order valence-corrected chi connectivity index (χ3v) is 2.88. The molecule has 1 aromatic rings. The Hall–Kier alpha value is -1.48. The van der Waals surface area contributed by atoms with E-state index in [0.29, 0.717) is 5.56 Å². The van der Waals surface area contributed by atoms with Crippen molar-refractivity contribution in [2.45, 2.75) is 17.9 Å². The predicted molar refractivity (Wildman–Crippen MR) is 65.6 cm³/mol. The maximum absolute atomic E-state index is 11.2. The summed E-state index contributed by atoms with van der Waals surface area (Å²) in [7, 11) is 1.36. The maximum Gasteiger partial charge on any atom is 0.337 e. The minimum absolute atomic E-state index is 0.0153. The number of rotatable bonds is 3. The van der Waals surface area contributed by atoms with Crippen LogP contribution in [-0.2, 0) is 4.74 Å². The van der Waals surface area contributed by atoms with E-state index in [2.05, 4.69) is 4.74 Å². The largest absolute Gasteiger partial charge is 0.486 e. The van der Waals surface area contributed by atoms with E-state index in [0.717, 1.165) is 12.2 Å². The Kier molecular flexibility index (Phi) is 3.69. The average Bonchev–Trinajstić information content (AvgIpc) is 2.75. The SMILES string of the molecule is COC(=O)c1ccc(OC2C=CC(Cl)C2)cc1. The number of alkyl halides is 1. The van der Waals surface area contributed by atoms with E-state index < -0.39 is 0 Å². The molecular formula is C13H13ClO3. The normalized spacial score (nSPS) is 22.5. The summed E-state index contributed by atoms with van der Waals surface area (Å²) in [5.41, 5.74) is 0.511. The molecule has 0 N–H and O–H groups in total. The van der Waals surface area contributed by atoms with Gasteiger partial charge in [-0.25, -0.2) is 4.79 Å². The van der Waals surface area contributed by atoms with E-state index >= 15 is 0 Å². The molecule has 0 saturated carbocycles. The van der Waals surface area contributed by atoms with Crippen LogP contribution in [0.2, 0.25) is 0 Å². The van der Waals surface area contributed by atoms with Crippen molar-refractivity contribution in [1.29, 1.82) is 0 Å². The molecule has 0 aliphatic heterocycles. The third-order valence-electron chi connectivity index (χ3n) is 2.55. The maximum atomic E-state index is 11.2. The van der Waals surface area contributed by atoms with Crippen molar-refractivity contribution in [2.75, 3.05) is 7.11 Å². The van der Waals surface area contributed by atoms with E-state index in [1.54, 1.807) is 24.3 Å². The summed E-state index contributed by atoms with van der Waals surface area (Å²) < 4.78 is 10.3. The van der Waals surface area contributed by atoms with Crippen molar-refractivity contribution < 1.29 is 14.3 Å². The summed E-state index contributed by atoms with van der Waals surface area (Å²) in [6.07, 6.45) is 4.67. The molecule has 4 heteroatoms. The molecule has 1 aromatic carbocycles. The number of ether oxygens (including phenoxy) is 2. The van der Waals surface area contributed by atoms with Crippen LogP contribution >= 0.6 is 11.6 Å². The van der Waals surface area contributed by atoms with Gasteiger partial charge in [0.1, 0.15) is 11.9 Å². The van der Waals surface area contributed by atoms with Crippen LogP contribution < -0.4 is 4.74 Å². The van der Waals surface area contributed by atoms with Gasteiger partial charge in [-0.1, -0.05) is 6.08 Å². The number of methoxy groups -OCH3 is 1. The molecule has 0 radical (unpaired) electrons. The van der Waals surface area contributed by atoms with Gasteiger partial charge < -0.3 is 9.47 Å². The Balaban J connectivity index is 1.99. The Morgan fingerprint density at radius 1 is 1.29 bits per heavy atom. The van der Waals surface area contributed by atoms with Gasteiger partial charge in [0.15, 0.2) is 0 Å². The molecule has 0 spiro atoms. The third kappa shape index (κ3) is 3.01. The average molecular weight is 253 g/mol. The summed E-state index contributed by atoms with van der Waals surface area (Å²) in [4.78, 5) is 11.2. The monoisotopic (exact) mass is 252 g/mol. The second-order valence-electron chi connectivity index (χ2n) is 3.81. The van der Waals surface area contributed by atoms with E-state index in [9.17, 15) is 4.79 Å². The van der Waals surface area contributed by atoms with Crippen molar-refractivity contribution in [3.63, 3.8) is 0 Å². The van der Waals surface area contributed by atoms with Gasteiger partial charge in [0, 0.05) is 6.42 Å². The van der Waals surface area contributed by atoms with E-state index in [4.69, 9.17) is 16.3 Å². The molecule has 17 heavy (non-hydrogen) atoms. The van der Waals surface area contributed by atoms with Gasteiger partial charge in [-0.2, -0.15) is 0 Å². The van der Waals surface area contributed by atoms with Crippen LogP contribution in [0.25, 0.3) is 0 Å². The Morgan fingerprint density at radius 2 is 2.00 bits per heavy atom. The van der Waals surface area contributed by atoms with Crippen molar-refractivity contribution in [3.8, 4) is 5.75 Å². The van der Waals surface area contributed by atoms with Gasteiger partial charge in [0.05, 0.1) is 18.1 Å². The number of allylic oxidation sites excluding steroid dienone is 1. The summed E-state index contributed by atoms with van der Waals surface area (Å²) in [5, 5.41) is 0.0503. The van der Waals surface area contributed by atoms with Crippen molar-refractivity contribution in [2.24, 2.45) is 0 Å². The zero-order valence-electron chi connectivity index (χ0n) is 9.43. The second kappa shape index (κ2) is 5.23. The van der Waals surface area contributed by atoms with Crippen LogP contribution in [0.15, 0.2) is 36.4 Å². The second-order valence-corrected chi connectivity index (χ2v) is 4.37. The number of halogens is 1. The fourth-order valence-corrected chi connectivity index (χ4v) is 1.93. The van der Waals surface area contributed by atoms with Gasteiger partial charge in [0.25, 0.3) is 0 Å². The molecule has 1 aliphatic rings. The quantitative estimate of drug-likeness (QED) is 0.471. The first kappa shape index (κ1) is 12.0. The van der Waals surface area contributed by atoms with E-state index in [-0.39, 0.29) is 17.5 Å². The zero-order chi connectivity index (χ0) is 12.3. The molecule has 2 rings (SSSR count). The van der Waals surface area contributed by atoms with Gasteiger partial charge in [-0.05, 0) is 30.3 Å². The summed E-state index contributed by atoms with van der Waals surface area (Å²) in [6, 6.07) is 6.86. The highest BCUT2D eigenvalue weighted by Crippen LogP contribution is 2.22. The van der Waals surface area contributed by atoms with Crippen LogP contribution in [0.5, 0.6) is 5.75 Å². The Bertz CT molecular complexity index is 425. The number of esters is 1. The number of hydrogen-bond donors (Lipinski definition) is 0. The molecule has 3 nitrogen and oxygen atoms in total. The molecule has 0 fully saturated rings. The highest BCUT2D eigenvalue weighted by atomic mass is 35.5. The van der Waals surface area contributed by atoms with Crippen LogP contribution in [-0.4, -0.2) is 24.6 Å². The minimum atomic E-state index is -0.349. The number of carbonyl (C=O) groups excluding carboxylic acids is 1. The number of benzene rings is 1. The molecule has 0 bridgehead atoms. The molecule has 90 valence electrons. The molecule has 0 aromatic heterocycles. The number of carbonyl (C=O) groups is 1. The molecule has 2 atom stereocenters. The Morgan fingerprint density at radius 3 is 2.53 bits per heavy atom. The molecule has 1 aliphatic carbocycles. The van der Waals surface area contributed by atoms with Gasteiger partial charge in [-0.15, -0.1) is 11.6 Å². The van der Waals surface area contributed by atoms with Crippen LogP contribution in [0.3, 0.4) is 0 Å². The number of hydrogen-bond acceptors (Lipinski definition) is 3. The van der Waals surface area contributed by atoms with E-state index in [1.165, 1.54) is 7.11 Å². The van der Waals surface area contributed by atoms with Gasteiger partial charge in [-0.3, -0.25) is 0 Å². The minimum Gasteiger partial charge on any atom is -0.486 e. The lowest BCUT2D eigenvalue weighted by atomic mass is 10.2. The van der Waals surface area contributed by atoms with E-state index in [1.807, 2.05) is 12.2 Å². The van der Waals surface area contributed by atoms with Gasteiger partial charge >= 0.3 is 5.97 Å².